The van der Waals surface area contributed by atoms with Crippen LogP contribution in [0.4, 0.5) is 17.1 Å². The van der Waals surface area contributed by atoms with Gasteiger partial charge in [-0.2, -0.15) is 0 Å². The highest BCUT2D eigenvalue weighted by Crippen LogP contribution is 2.48. The van der Waals surface area contributed by atoms with Gasteiger partial charge in [-0.1, -0.05) is 133 Å². The summed E-state index contributed by atoms with van der Waals surface area (Å²) in [4.78, 5) is 2.37. The van der Waals surface area contributed by atoms with Crippen molar-refractivity contribution in [1.29, 1.82) is 0 Å². The van der Waals surface area contributed by atoms with Crippen molar-refractivity contribution in [3.8, 4) is 11.1 Å². The summed E-state index contributed by atoms with van der Waals surface area (Å²) in [7, 11) is 0. The zero-order chi connectivity index (χ0) is 33.5. The summed E-state index contributed by atoms with van der Waals surface area (Å²) >= 11 is 1.88. The van der Waals surface area contributed by atoms with Crippen molar-refractivity contribution in [3.05, 3.63) is 176 Å². The molecule has 3 heteroatoms. The maximum Gasteiger partial charge on any atom is 0.159 e. The molecule has 0 unspecified atom stereocenters. The third-order valence-corrected chi connectivity index (χ3v) is 11.7. The Bertz CT molecular complexity index is 3140. The van der Waals surface area contributed by atoms with Gasteiger partial charge in [0.15, 0.2) is 5.58 Å². The van der Waals surface area contributed by atoms with Crippen molar-refractivity contribution >= 4 is 103 Å². The van der Waals surface area contributed by atoms with Gasteiger partial charge in [-0.25, -0.2) is 0 Å². The number of anilines is 3. The third kappa shape index (κ3) is 4.35. The molecule has 0 saturated carbocycles. The van der Waals surface area contributed by atoms with E-state index in [1.807, 2.05) is 11.3 Å². The maximum absolute atomic E-state index is 6.91. The number of rotatable bonds is 4. The fraction of sp³-hybridized carbons (Fsp3) is 0. The molecule has 238 valence electrons. The van der Waals surface area contributed by atoms with E-state index in [0.29, 0.717) is 0 Å². The van der Waals surface area contributed by atoms with Crippen LogP contribution in [0, 0.1) is 0 Å². The summed E-state index contributed by atoms with van der Waals surface area (Å²) in [5.41, 5.74) is 7.37. The molecule has 2 heterocycles. The molecule has 0 radical (unpaired) electrons. The van der Waals surface area contributed by atoms with Crippen LogP contribution in [0.15, 0.2) is 180 Å². The van der Waals surface area contributed by atoms with Crippen molar-refractivity contribution in [2.45, 2.75) is 0 Å². The van der Waals surface area contributed by atoms with E-state index in [1.165, 1.54) is 69.0 Å². The van der Waals surface area contributed by atoms with E-state index in [2.05, 4.69) is 181 Å². The number of nitrogens with zero attached hydrogens (tertiary/aromatic N) is 1. The lowest BCUT2D eigenvalue weighted by molar-refractivity contribution is 0.669. The average Bonchev–Trinajstić information content (AvgIpc) is 3.77. The first-order chi connectivity index (χ1) is 25.3. The van der Waals surface area contributed by atoms with Crippen LogP contribution < -0.4 is 4.90 Å². The second-order valence-electron chi connectivity index (χ2n) is 13.3. The van der Waals surface area contributed by atoms with E-state index in [4.69, 9.17) is 4.42 Å². The molecular weight excluding hydrogens is 639 g/mol. The van der Waals surface area contributed by atoms with Gasteiger partial charge < -0.3 is 9.32 Å². The van der Waals surface area contributed by atoms with Crippen LogP contribution >= 0.6 is 11.3 Å². The summed E-state index contributed by atoms with van der Waals surface area (Å²) in [6.45, 7) is 0. The fourth-order valence-corrected chi connectivity index (χ4v) is 9.38. The van der Waals surface area contributed by atoms with Crippen LogP contribution in [-0.4, -0.2) is 0 Å². The van der Waals surface area contributed by atoms with Gasteiger partial charge in [0, 0.05) is 42.0 Å². The van der Waals surface area contributed by atoms with Crippen molar-refractivity contribution < 1.29 is 4.42 Å². The number of benzene rings is 9. The molecular formula is C48H29NOS. The summed E-state index contributed by atoms with van der Waals surface area (Å²) in [6.07, 6.45) is 0. The largest absolute Gasteiger partial charge is 0.454 e. The van der Waals surface area contributed by atoms with Crippen LogP contribution in [0.1, 0.15) is 0 Å². The molecule has 0 amide bonds. The average molecular weight is 668 g/mol. The predicted molar refractivity (Wildman–Crippen MR) is 219 cm³/mol. The third-order valence-electron chi connectivity index (χ3n) is 10.4. The van der Waals surface area contributed by atoms with Crippen molar-refractivity contribution in [2.24, 2.45) is 0 Å². The standard InChI is InChI=1S/C48H29NOS/c1-2-12-34-29-35(20-19-30(34)9-1)31-21-24-36(25-22-31)49(42-17-7-13-32-10-3-5-14-37(32)42)43-18-8-16-41-45-44(50-46(41)43)28-27-40-39-26-23-33-11-4-6-15-38(33)47(39)51-48(40)45/h1-29H. The number of furan rings is 1. The minimum atomic E-state index is 0.883. The van der Waals surface area contributed by atoms with Crippen LogP contribution in [-0.2, 0) is 0 Å². The monoisotopic (exact) mass is 667 g/mol. The molecule has 9 aromatic carbocycles. The normalized spacial score (nSPS) is 11.9. The van der Waals surface area contributed by atoms with Crippen molar-refractivity contribution in [3.63, 3.8) is 0 Å². The molecule has 0 aliphatic rings. The highest BCUT2D eigenvalue weighted by Gasteiger charge is 2.23. The van der Waals surface area contributed by atoms with Gasteiger partial charge in [-0.15, -0.1) is 11.3 Å². The Morgan fingerprint density at radius 3 is 1.86 bits per heavy atom. The van der Waals surface area contributed by atoms with Crippen LogP contribution in [0.25, 0.3) is 85.6 Å². The molecule has 0 saturated heterocycles. The second kappa shape index (κ2) is 11.0. The minimum absolute atomic E-state index is 0.883. The predicted octanol–water partition coefficient (Wildman–Crippen LogP) is 14.6. The lowest BCUT2D eigenvalue weighted by Crippen LogP contribution is -2.10. The Morgan fingerprint density at radius 1 is 0.392 bits per heavy atom. The Labute approximate surface area is 298 Å². The number of thiophene rings is 1. The van der Waals surface area contributed by atoms with Gasteiger partial charge in [-0.3, -0.25) is 0 Å². The van der Waals surface area contributed by atoms with Gasteiger partial charge in [-0.05, 0) is 80.5 Å². The lowest BCUT2D eigenvalue weighted by Gasteiger charge is -2.27. The molecule has 0 atom stereocenters. The molecule has 0 aliphatic heterocycles. The number of hydrogen-bond donors (Lipinski definition) is 0. The molecule has 0 bridgehead atoms. The first-order valence-electron chi connectivity index (χ1n) is 17.3. The van der Waals surface area contributed by atoms with Gasteiger partial charge in [0.25, 0.3) is 0 Å². The zero-order valence-electron chi connectivity index (χ0n) is 27.5. The lowest BCUT2D eigenvalue weighted by atomic mass is 10.0. The van der Waals surface area contributed by atoms with E-state index in [9.17, 15) is 0 Å². The van der Waals surface area contributed by atoms with Crippen LogP contribution in [0.5, 0.6) is 0 Å². The molecule has 0 fully saturated rings. The maximum atomic E-state index is 6.91. The van der Waals surface area contributed by atoms with Gasteiger partial charge in [0.05, 0.1) is 11.4 Å². The summed E-state index contributed by atoms with van der Waals surface area (Å²) < 4.78 is 9.50. The minimum Gasteiger partial charge on any atom is -0.454 e. The number of para-hydroxylation sites is 1. The Kier molecular flexibility index (Phi) is 6.16. The summed E-state index contributed by atoms with van der Waals surface area (Å²) in [6, 6.07) is 63.6. The first kappa shape index (κ1) is 28.4. The van der Waals surface area contributed by atoms with E-state index >= 15 is 0 Å². The highest BCUT2D eigenvalue weighted by molar-refractivity contribution is 7.27. The van der Waals surface area contributed by atoms with E-state index in [-0.39, 0.29) is 0 Å². The zero-order valence-corrected chi connectivity index (χ0v) is 28.3. The van der Waals surface area contributed by atoms with E-state index < -0.39 is 0 Å². The van der Waals surface area contributed by atoms with Gasteiger partial charge >= 0.3 is 0 Å². The number of fused-ring (bicyclic) bond motifs is 11. The quantitative estimate of drug-likeness (QED) is 0.186. The molecule has 2 nitrogen and oxygen atoms in total. The molecule has 11 rings (SSSR count). The van der Waals surface area contributed by atoms with Crippen LogP contribution in [0.2, 0.25) is 0 Å². The van der Waals surface area contributed by atoms with E-state index in [1.54, 1.807) is 0 Å². The second-order valence-corrected chi connectivity index (χ2v) is 14.3. The van der Waals surface area contributed by atoms with Gasteiger partial charge in [0.2, 0.25) is 0 Å². The smallest absolute Gasteiger partial charge is 0.159 e. The first-order valence-corrected chi connectivity index (χ1v) is 18.2. The molecule has 11 aromatic rings. The molecule has 2 aromatic heterocycles. The van der Waals surface area contributed by atoms with Crippen LogP contribution in [0.3, 0.4) is 0 Å². The molecule has 0 aliphatic carbocycles. The van der Waals surface area contributed by atoms with Gasteiger partial charge in [0.1, 0.15) is 5.58 Å². The molecule has 51 heavy (non-hydrogen) atoms. The molecule has 0 N–H and O–H groups in total. The molecule has 0 spiro atoms. The Morgan fingerprint density at radius 2 is 1.00 bits per heavy atom. The Hall–Kier alpha value is -6.42. The number of hydrogen-bond acceptors (Lipinski definition) is 3. The summed E-state index contributed by atoms with van der Waals surface area (Å²) in [5, 5.41) is 12.3. The van der Waals surface area contributed by atoms with E-state index in [0.717, 1.165) is 33.6 Å². The topological polar surface area (TPSA) is 16.4 Å². The highest BCUT2D eigenvalue weighted by atomic mass is 32.1. The fourth-order valence-electron chi connectivity index (χ4n) is 7.99. The summed E-state index contributed by atoms with van der Waals surface area (Å²) in [5.74, 6) is 0. The van der Waals surface area contributed by atoms with Crippen molar-refractivity contribution in [2.75, 3.05) is 4.90 Å². The van der Waals surface area contributed by atoms with Crippen molar-refractivity contribution in [1.82, 2.24) is 0 Å². The SMILES string of the molecule is c1ccc2cc(-c3ccc(N(c4cccc5ccccc45)c4cccc5c4oc4ccc6c7ccc8ccccc8c7sc6c45)cc3)ccc2c1. The Balaban J connectivity index is 1.14.